The van der Waals surface area contributed by atoms with Crippen LogP contribution in [0.2, 0.25) is 4.44 Å². The summed E-state index contributed by atoms with van der Waals surface area (Å²) < 4.78 is 18.4. The van der Waals surface area contributed by atoms with Gasteiger partial charge in [-0.1, -0.05) is 0 Å². The van der Waals surface area contributed by atoms with Crippen molar-refractivity contribution in [2.45, 2.75) is 84.9 Å². The molecule has 242 valence electrons. The molecule has 0 spiro atoms. The Bertz CT molecular complexity index is 1160. The van der Waals surface area contributed by atoms with E-state index in [1.165, 1.54) is 0 Å². The molecule has 0 bridgehead atoms. The van der Waals surface area contributed by atoms with Gasteiger partial charge < -0.3 is 0 Å². The number of carbonyl (C=O) groups excluding carboxylic acids is 3. The van der Waals surface area contributed by atoms with Gasteiger partial charge in [0.05, 0.1) is 0 Å². The van der Waals surface area contributed by atoms with E-state index in [2.05, 4.69) is 44.8 Å². The third-order valence-electron chi connectivity index (χ3n) is 7.24. The first-order valence-electron chi connectivity index (χ1n) is 15.6. The van der Waals surface area contributed by atoms with Crippen molar-refractivity contribution in [1.29, 1.82) is 0 Å². The van der Waals surface area contributed by atoms with Crippen molar-refractivity contribution >= 4 is 75.4 Å². The summed E-state index contributed by atoms with van der Waals surface area (Å²) in [6, 6.07) is 28.3. The molecule has 0 aliphatic rings. The summed E-state index contributed by atoms with van der Waals surface area (Å²) in [5.74, 6) is -2.04. The van der Waals surface area contributed by atoms with E-state index in [1.807, 2.05) is 91.0 Å². The first-order valence-corrected chi connectivity index (χ1v) is 22.6. The third kappa shape index (κ3) is 13.7. The van der Waals surface area contributed by atoms with Gasteiger partial charge in [0.15, 0.2) is 0 Å². The molecule has 10 heteroatoms. The van der Waals surface area contributed by atoms with E-state index in [-0.39, 0.29) is 4.44 Å². The fraction of sp³-hybridized carbons (Fsp3) is 0.400. The molecule has 3 rings (SSSR count). The predicted octanol–water partition coefficient (Wildman–Crippen LogP) is 7.54. The SMILES string of the molecule is CCCCCCC[CH2][Sn]([O]C(=O)C(S)Cc1ccccc1)([O]C(=O)C(S)Cc1ccccc1)[O]C(=O)C(S)Cc1ccccc1. The number of benzene rings is 3. The number of unbranched alkanes of at least 4 members (excludes halogenated alkanes) is 5. The van der Waals surface area contributed by atoms with Gasteiger partial charge >= 0.3 is 292 Å². The van der Waals surface area contributed by atoms with E-state index in [0.717, 1.165) is 48.8 Å². The van der Waals surface area contributed by atoms with E-state index in [9.17, 15) is 14.4 Å². The van der Waals surface area contributed by atoms with Crippen molar-refractivity contribution in [1.82, 2.24) is 0 Å². The van der Waals surface area contributed by atoms with Crippen molar-refractivity contribution in [3.05, 3.63) is 108 Å². The Kier molecular flexibility index (Phi) is 16.8. The van der Waals surface area contributed by atoms with Crippen LogP contribution in [0, 0.1) is 0 Å². The van der Waals surface area contributed by atoms with Crippen LogP contribution in [0.4, 0.5) is 0 Å². The molecule has 0 heterocycles. The average Bonchev–Trinajstić information content (AvgIpc) is 3.04. The fourth-order valence-electron chi connectivity index (χ4n) is 4.76. The Morgan fingerprint density at radius 2 is 0.844 bits per heavy atom. The number of carbonyl (C=O) groups is 3. The molecule has 0 amide bonds. The minimum absolute atomic E-state index is 0.174. The molecule has 0 aliphatic carbocycles. The molecular formula is C35H44O6S3Sn. The number of hydrogen-bond donors (Lipinski definition) is 3. The molecule has 3 aromatic rings. The summed E-state index contributed by atoms with van der Waals surface area (Å²) >= 11 is 8.31. The van der Waals surface area contributed by atoms with Crippen LogP contribution in [-0.2, 0) is 42.9 Å². The first-order chi connectivity index (χ1) is 21.7. The van der Waals surface area contributed by atoms with Crippen LogP contribution in [0.1, 0.15) is 62.1 Å². The summed E-state index contributed by atoms with van der Waals surface area (Å²) in [5, 5.41) is -2.55. The quantitative estimate of drug-likeness (QED) is 0.0664. The number of thiol groups is 3. The van der Waals surface area contributed by atoms with Crippen molar-refractivity contribution in [2.24, 2.45) is 0 Å². The summed E-state index contributed by atoms with van der Waals surface area (Å²) in [4.78, 5) is 40.7. The Morgan fingerprint density at radius 1 is 0.533 bits per heavy atom. The zero-order chi connectivity index (χ0) is 32.5. The molecule has 6 nitrogen and oxygen atoms in total. The summed E-state index contributed by atoms with van der Waals surface area (Å²) in [7, 11) is 0. The molecule has 0 saturated heterocycles. The number of rotatable bonds is 19. The number of hydrogen-bond acceptors (Lipinski definition) is 9. The summed E-state index contributed by atoms with van der Waals surface area (Å²) in [6.45, 7) is 2.15. The Morgan fingerprint density at radius 3 is 1.18 bits per heavy atom. The van der Waals surface area contributed by atoms with Crippen LogP contribution in [0.15, 0.2) is 91.0 Å². The second-order valence-corrected chi connectivity index (χ2v) is 20.0. The van der Waals surface area contributed by atoms with Gasteiger partial charge in [0.2, 0.25) is 0 Å². The van der Waals surface area contributed by atoms with Gasteiger partial charge in [0.25, 0.3) is 0 Å². The van der Waals surface area contributed by atoms with Crippen molar-refractivity contribution in [3.8, 4) is 0 Å². The molecule has 45 heavy (non-hydrogen) atoms. The van der Waals surface area contributed by atoms with Gasteiger partial charge in [-0.15, -0.1) is 0 Å². The van der Waals surface area contributed by atoms with E-state index in [0.29, 0.717) is 25.7 Å². The Balaban J connectivity index is 1.86. The average molecular weight is 776 g/mol. The zero-order valence-electron chi connectivity index (χ0n) is 25.8. The van der Waals surface area contributed by atoms with Crippen molar-refractivity contribution < 1.29 is 23.6 Å². The summed E-state index contributed by atoms with van der Waals surface area (Å²) in [6.07, 6.45) is 6.58. The van der Waals surface area contributed by atoms with Crippen molar-refractivity contribution in [2.75, 3.05) is 0 Å². The molecule has 0 radical (unpaired) electrons. The van der Waals surface area contributed by atoms with E-state index in [4.69, 9.17) is 9.22 Å². The summed E-state index contributed by atoms with van der Waals surface area (Å²) in [5.41, 5.74) is 2.70. The molecule has 0 N–H and O–H groups in total. The van der Waals surface area contributed by atoms with Crippen LogP contribution in [-0.4, -0.2) is 53.3 Å². The van der Waals surface area contributed by atoms with E-state index >= 15 is 0 Å². The fourth-order valence-corrected chi connectivity index (χ4v) is 13.4. The van der Waals surface area contributed by atoms with Crippen molar-refractivity contribution in [3.63, 3.8) is 0 Å². The Hall–Kier alpha value is -2.08. The molecule has 3 unspecified atom stereocenters. The van der Waals surface area contributed by atoms with E-state index < -0.39 is 53.3 Å². The van der Waals surface area contributed by atoms with Gasteiger partial charge in [-0.05, 0) is 0 Å². The standard InChI is InChI=1S/3C9H10O2S.C8H17.Sn/c3*10-9(11)8(12)6-7-4-2-1-3-5-7;1-3-5-7-8-6-4-2;/h3*1-5,8,12H,6H2,(H,10,11);1,3-8H2,2H3;/q;;;;+3/p-3. The molecule has 3 atom stereocenters. The topological polar surface area (TPSA) is 78.9 Å². The molecule has 0 saturated carbocycles. The molecule has 3 aromatic carbocycles. The van der Waals surface area contributed by atoms with Gasteiger partial charge in [-0.2, -0.15) is 0 Å². The van der Waals surface area contributed by atoms with Gasteiger partial charge in [0.1, 0.15) is 0 Å². The van der Waals surface area contributed by atoms with Crippen LogP contribution in [0.5, 0.6) is 0 Å². The van der Waals surface area contributed by atoms with Crippen LogP contribution < -0.4 is 0 Å². The maximum atomic E-state index is 13.6. The van der Waals surface area contributed by atoms with Crippen LogP contribution in [0.25, 0.3) is 0 Å². The Labute approximate surface area is 289 Å². The first kappa shape index (κ1) is 37.4. The van der Waals surface area contributed by atoms with E-state index in [1.54, 1.807) is 0 Å². The van der Waals surface area contributed by atoms with Crippen LogP contribution >= 0.6 is 37.9 Å². The molecule has 0 aromatic heterocycles. The van der Waals surface area contributed by atoms with Gasteiger partial charge in [-0.25, -0.2) is 0 Å². The monoisotopic (exact) mass is 776 g/mol. The molecule has 0 fully saturated rings. The normalized spacial score (nSPS) is 14.4. The molecule has 0 aliphatic heterocycles. The second-order valence-electron chi connectivity index (χ2n) is 11.1. The second kappa shape index (κ2) is 20.2. The molecular weight excluding hydrogens is 731 g/mol. The van der Waals surface area contributed by atoms with Crippen LogP contribution in [0.3, 0.4) is 0 Å². The van der Waals surface area contributed by atoms with Gasteiger partial charge in [0, 0.05) is 0 Å². The predicted molar refractivity (Wildman–Crippen MR) is 191 cm³/mol. The minimum atomic E-state index is -5.31. The zero-order valence-corrected chi connectivity index (χ0v) is 31.3. The maximum absolute atomic E-state index is 13.6. The van der Waals surface area contributed by atoms with Gasteiger partial charge in [-0.3, -0.25) is 0 Å². The third-order valence-corrected chi connectivity index (χ3v) is 15.6.